The van der Waals surface area contributed by atoms with E-state index in [0.717, 1.165) is 0 Å². The van der Waals surface area contributed by atoms with Crippen LogP contribution < -0.4 is 14.8 Å². The first-order valence-corrected chi connectivity index (χ1v) is 10.6. The third kappa shape index (κ3) is 4.98. The number of alkyl halides is 2. The Morgan fingerprint density at radius 2 is 2.09 bits per heavy atom. The van der Waals surface area contributed by atoms with E-state index < -0.39 is 23.8 Å². The number of carbonyl (C=O) groups is 1. The van der Waals surface area contributed by atoms with E-state index >= 15 is 0 Å². The molecular formula is C23H29F2N3O4. The van der Waals surface area contributed by atoms with Crippen LogP contribution >= 0.6 is 0 Å². The van der Waals surface area contributed by atoms with Crippen LogP contribution in [0.3, 0.4) is 0 Å². The molecule has 2 heterocycles. The van der Waals surface area contributed by atoms with Crippen LogP contribution in [0.4, 0.5) is 8.78 Å². The first kappa shape index (κ1) is 23.8. The topological polar surface area (TPSA) is 82.6 Å². The van der Waals surface area contributed by atoms with Crippen LogP contribution in [0.2, 0.25) is 0 Å². The van der Waals surface area contributed by atoms with E-state index in [1.165, 1.54) is 7.11 Å². The van der Waals surface area contributed by atoms with E-state index in [-0.39, 0.29) is 35.7 Å². The summed E-state index contributed by atoms with van der Waals surface area (Å²) in [6.07, 6.45) is 0.532. The van der Waals surface area contributed by atoms with E-state index in [2.05, 4.69) is 21.9 Å². The molecule has 0 radical (unpaired) electrons. The van der Waals surface area contributed by atoms with Gasteiger partial charge in [0, 0.05) is 18.5 Å². The first-order chi connectivity index (χ1) is 15.2. The number of benzene rings is 1. The van der Waals surface area contributed by atoms with Crippen molar-refractivity contribution in [1.29, 1.82) is 0 Å². The summed E-state index contributed by atoms with van der Waals surface area (Å²) in [5.74, 6) is -3.66. The maximum atomic E-state index is 14.6. The molecule has 3 rings (SSSR count). The molecule has 3 atom stereocenters. The van der Waals surface area contributed by atoms with E-state index in [9.17, 15) is 13.6 Å². The Kier molecular flexibility index (Phi) is 7.28. The Bertz CT molecular complexity index is 983. The molecule has 0 aliphatic carbocycles. The van der Waals surface area contributed by atoms with Gasteiger partial charge >= 0.3 is 11.9 Å². The van der Waals surface area contributed by atoms with Crippen molar-refractivity contribution in [2.75, 3.05) is 20.3 Å². The lowest BCUT2D eigenvalue weighted by Gasteiger charge is -2.24. The lowest BCUT2D eigenvalue weighted by molar-refractivity contribution is -0.148. The fourth-order valence-corrected chi connectivity index (χ4v) is 3.67. The number of nitrogens with one attached hydrogen (secondary N) is 1. The van der Waals surface area contributed by atoms with Crippen molar-refractivity contribution in [3.63, 3.8) is 0 Å². The molecule has 32 heavy (non-hydrogen) atoms. The van der Waals surface area contributed by atoms with Crippen molar-refractivity contribution in [1.82, 2.24) is 15.3 Å². The molecule has 1 N–H and O–H groups in total. The molecule has 0 amide bonds. The van der Waals surface area contributed by atoms with Gasteiger partial charge in [0.2, 0.25) is 5.88 Å². The lowest BCUT2D eigenvalue weighted by Crippen LogP contribution is -2.38. The number of allylic oxidation sites excluding steroid dienone is 1. The number of rotatable bonds is 9. The molecule has 1 saturated heterocycles. The normalized spacial score (nSPS) is 21.0. The third-order valence-corrected chi connectivity index (χ3v) is 5.40. The summed E-state index contributed by atoms with van der Waals surface area (Å²) in [4.78, 5) is 21.0. The molecule has 0 bridgehead atoms. The van der Waals surface area contributed by atoms with E-state index in [1.807, 2.05) is 20.8 Å². The number of ether oxygens (including phenoxy) is 3. The molecule has 9 heteroatoms. The Labute approximate surface area is 186 Å². The Hall–Kier alpha value is -2.81. The molecule has 0 saturated carbocycles. The summed E-state index contributed by atoms with van der Waals surface area (Å²) in [5, 5.41) is 3.10. The standard InChI is InChI=1S/C23H29F2N3O4/c1-6-15-18(11-26-19(15)22(29)31-12-13(3)4)32-21-20(23(24,25)7-2)27-16-9-8-14(30-5)10-17(16)28-21/h7-10,13,15,18-19,26H,2,6,11-12H2,1,3-5H3/t15-,18+,19+/m1/s1. The molecule has 0 spiro atoms. The van der Waals surface area contributed by atoms with Gasteiger partial charge in [-0.3, -0.25) is 4.79 Å². The minimum Gasteiger partial charge on any atom is -0.497 e. The van der Waals surface area contributed by atoms with Crippen molar-refractivity contribution in [2.24, 2.45) is 11.8 Å². The highest BCUT2D eigenvalue weighted by Gasteiger charge is 2.43. The summed E-state index contributed by atoms with van der Waals surface area (Å²) in [7, 11) is 1.50. The highest BCUT2D eigenvalue weighted by molar-refractivity contribution is 5.77. The number of aromatic nitrogens is 2. The number of hydrogen-bond donors (Lipinski definition) is 1. The second-order valence-electron chi connectivity index (χ2n) is 8.20. The van der Waals surface area contributed by atoms with Gasteiger partial charge in [0.1, 0.15) is 17.9 Å². The number of fused-ring (bicyclic) bond motifs is 1. The monoisotopic (exact) mass is 449 g/mol. The van der Waals surface area contributed by atoms with Crippen molar-refractivity contribution < 1.29 is 27.8 Å². The summed E-state index contributed by atoms with van der Waals surface area (Å²) in [6.45, 7) is 9.64. The molecule has 1 fully saturated rings. The van der Waals surface area contributed by atoms with Crippen LogP contribution in [0.5, 0.6) is 11.6 Å². The van der Waals surface area contributed by atoms with Crippen LogP contribution in [-0.2, 0) is 15.5 Å². The van der Waals surface area contributed by atoms with Gasteiger partial charge in [-0.2, -0.15) is 8.78 Å². The maximum absolute atomic E-state index is 14.6. The van der Waals surface area contributed by atoms with Crippen LogP contribution in [0, 0.1) is 11.8 Å². The number of carbonyl (C=O) groups excluding carboxylic acids is 1. The predicted octanol–water partition coefficient (Wildman–Crippen LogP) is 3.86. The molecule has 174 valence electrons. The summed E-state index contributed by atoms with van der Waals surface area (Å²) in [6, 6.07) is 4.19. The molecular weight excluding hydrogens is 420 g/mol. The molecule has 1 aromatic carbocycles. The first-order valence-electron chi connectivity index (χ1n) is 10.6. The average molecular weight is 449 g/mol. The number of methoxy groups -OCH3 is 1. The van der Waals surface area contributed by atoms with Crippen LogP contribution in [0.1, 0.15) is 32.9 Å². The van der Waals surface area contributed by atoms with Crippen molar-refractivity contribution >= 4 is 17.0 Å². The van der Waals surface area contributed by atoms with Gasteiger partial charge in [0.15, 0.2) is 5.69 Å². The summed E-state index contributed by atoms with van der Waals surface area (Å²) < 4.78 is 45.8. The fraction of sp³-hybridized carbons (Fsp3) is 0.522. The minimum absolute atomic E-state index is 0.209. The number of nitrogens with zero attached hydrogens (tertiary/aromatic N) is 2. The maximum Gasteiger partial charge on any atom is 0.323 e. The summed E-state index contributed by atoms with van der Waals surface area (Å²) in [5.41, 5.74) is 0.0158. The highest BCUT2D eigenvalue weighted by atomic mass is 19.3. The lowest BCUT2D eigenvalue weighted by atomic mass is 9.95. The van der Waals surface area contributed by atoms with Crippen LogP contribution in [0.25, 0.3) is 11.0 Å². The zero-order chi connectivity index (χ0) is 23.5. The van der Waals surface area contributed by atoms with Gasteiger partial charge in [0.25, 0.3) is 0 Å². The van der Waals surface area contributed by atoms with Gasteiger partial charge in [-0.15, -0.1) is 0 Å². The van der Waals surface area contributed by atoms with Gasteiger partial charge in [0.05, 0.1) is 24.8 Å². The number of halogens is 2. The molecule has 2 aromatic rings. The number of hydrogen-bond acceptors (Lipinski definition) is 7. The second kappa shape index (κ2) is 9.77. The molecule has 1 aliphatic rings. The van der Waals surface area contributed by atoms with Gasteiger partial charge in [-0.05, 0) is 30.5 Å². The zero-order valence-electron chi connectivity index (χ0n) is 18.7. The predicted molar refractivity (Wildman–Crippen MR) is 116 cm³/mol. The third-order valence-electron chi connectivity index (χ3n) is 5.40. The fourth-order valence-electron chi connectivity index (χ4n) is 3.67. The Morgan fingerprint density at radius 3 is 2.72 bits per heavy atom. The second-order valence-corrected chi connectivity index (χ2v) is 8.20. The largest absolute Gasteiger partial charge is 0.497 e. The molecule has 1 aromatic heterocycles. The Balaban J connectivity index is 1.93. The minimum atomic E-state index is -3.44. The quantitative estimate of drug-likeness (QED) is 0.460. The van der Waals surface area contributed by atoms with Crippen LogP contribution in [0.15, 0.2) is 30.9 Å². The van der Waals surface area contributed by atoms with E-state index in [0.29, 0.717) is 30.4 Å². The smallest absolute Gasteiger partial charge is 0.323 e. The van der Waals surface area contributed by atoms with E-state index in [4.69, 9.17) is 14.2 Å². The summed E-state index contributed by atoms with van der Waals surface area (Å²) >= 11 is 0. The van der Waals surface area contributed by atoms with Crippen molar-refractivity contribution in [3.8, 4) is 11.6 Å². The molecule has 7 nitrogen and oxygen atoms in total. The Morgan fingerprint density at radius 1 is 1.34 bits per heavy atom. The highest BCUT2D eigenvalue weighted by Crippen LogP contribution is 2.37. The van der Waals surface area contributed by atoms with Gasteiger partial charge < -0.3 is 19.5 Å². The van der Waals surface area contributed by atoms with Gasteiger partial charge in [-0.25, -0.2) is 9.97 Å². The van der Waals surface area contributed by atoms with E-state index in [1.54, 1.807) is 18.2 Å². The SMILES string of the molecule is C=CC(F)(F)c1nc2ccc(OC)cc2nc1O[C@H]1CN[C@H](C(=O)OCC(C)C)[C@@H]1CC. The average Bonchev–Trinajstić information content (AvgIpc) is 3.18. The molecule has 1 aliphatic heterocycles. The van der Waals surface area contributed by atoms with Gasteiger partial charge in [-0.1, -0.05) is 27.4 Å². The van der Waals surface area contributed by atoms with Crippen LogP contribution in [-0.4, -0.2) is 48.3 Å². The number of esters is 1. The zero-order valence-corrected chi connectivity index (χ0v) is 18.7. The van der Waals surface area contributed by atoms with Crippen molar-refractivity contribution in [3.05, 3.63) is 36.5 Å². The van der Waals surface area contributed by atoms with Crippen molar-refractivity contribution in [2.45, 2.75) is 45.3 Å². The molecule has 0 unspecified atom stereocenters.